The molecule has 0 aliphatic carbocycles. The topological polar surface area (TPSA) is 55.4 Å². The summed E-state index contributed by atoms with van der Waals surface area (Å²) in [6, 6.07) is 8.12. The van der Waals surface area contributed by atoms with Crippen LogP contribution in [0.1, 0.15) is 30.7 Å². The van der Waals surface area contributed by atoms with E-state index in [2.05, 4.69) is 11.4 Å². The van der Waals surface area contributed by atoms with E-state index in [0.29, 0.717) is 18.2 Å². The molecule has 2 aliphatic heterocycles. The quantitative estimate of drug-likeness (QED) is 0.919. The summed E-state index contributed by atoms with van der Waals surface area (Å²) in [5, 5.41) is 3.18. The van der Waals surface area contributed by atoms with Crippen LogP contribution in [0.25, 0.3) is 0 Å². The highest BCUT2D eigenvalue weighted by Gasteiger charge is 2.31. The van der Waals surface area contributed by atoms with E-state index in [1.807, 2.05) is 18.2 Å². The number of fused-ring (bicyclic) bond motifs is 1. The highest BCUT2D eigenvalue weighted by Crippen LogP contribution is 2.32. The van der Waals surface area contributed by atoms with Gasteiger partial charge in [0.15, 0.2) is 9.84 Å². The van der Waals surface area contributed by atoms with Gasteiger partial charge in [-0.05, 0) is 30.9 Å². The van der Waals surface area contributed by atoms with Gasteiger partial charge in [0.2, 0.25) is 0 Å². The van der Waals surface area contributed by atoms with Crippen LogP contribution in [0, 0.1) is 0 Å². The average molecular weight is 295 g/mol. The van der Waals surface area contributed by atoms with E-state index in [1.165, 1.54) is 5.56 Å². The lowest BCUT2D eigenvalue weighted by atomic mass is 9.93. The van der Waals surface area contributed by atoms with Gasteiger partial charge in [0.1, 0.15) is 5.75 Å². The Morgan fingerprint density at radius 2 is 2.05 bits per heavy atom. The van der Waals surface area contributed by atoms with Crippen molar-refractivity contribution >= 4 is 9.84 Å². The van der Waals surface area contributed by atoms with Gasteiger partial charge in [-0.3, -0.25) is 0 Å². The summed E-state index contributed by atoms with van der Waals surface area (Å²) in [7, 11) is -2.84. The number of benzene rings is 1. The second-order valence-electron chi connectivity index (χ2n) is 5.66. The smallest absolute Gasteiger partial charge is 0.154 e. The summed E-state index contributed by atoms with van der Waals surface area (Å²) in [6.07, 6.45) is 2.61. The zero-order valence-corrected chi connectivity index (χ0v) is 12.4. The second kappa shape index (κ2) is 5.74. The van der Waals surface area contributed by atoms with E-state index >= 15 is 0 Å². The van der Waals surface area contributed by atoms with E-state index in [-0.39, 0.29) is 5.25 Å². The molecule has 2 aliphatic rings. The van der Waals surface area contributed by atoms with Gasteiger partial charge in [0.05, 0.1) is 17.6 Å². The van der Waals surface area contributed by atoms with Crippen LogP contribution < -0.4 is 10.1 Å². The minimum Gasteiger partial charge on any atom is -0.493 e. The Morgan fingerprint density at radius 3 is 2.85 bits per heavy atom. The molecule has 20 heavy (non-hydrogen) atoms. The fraction of sp³-hybridized carbons (Fsp3) is 0.600. The van der Waals surface area contributed by atoms with Crippen molar-refractivity contribution in [3.63, 3.8) is 0 Å². The van der Waals surface area contributed by atoms with Crippen molar-refractivity contribution < 1.29 is 13.2 Å². The van der Waals surface area contributed by atoms with Gasteiger partial charge in [-0.15, -0.1) is 0 Å². The van der Waals surface area contributed by atoms with Crippen LogP contribution >= 0.6 is 0 Å². The minimum absolute atomic E-state index is 0.183. The van der Waals surface area contributed by atoms with Gasteiger partial charge in [-0.2, -0.15) is 0 Å². The van der Waals surface area contributed by atoms with Crippen molar-refractivity contribution in [3.05, 3.63) is 29.8 Å². The number of hydrogen-bond acceptors (Lipinski definition) is 4. The molecule has 4 nitrogen and oxygen atoms in total. The lowest BCUT2D eigenvalue weighted by molar-refractivity contribution is 0.264. The third-order valence-corrected chi connectivity index (χ3v) is 6.58. The molecule has 0 amide bonds. The Morgan fingerprint density at radius 1 is 1.20 bits per heavy atom. The molecule has 1 aromatic rings. The first-order chi connectivity index (χ1) is 9.67. The molecule has 3 rings (SSSR count). The maximum atomic E-state index is 11.8. The van der Waals surface area contributed by atoms with Crippen molar-refractivity contribution in [2.45, 2.75) is 30.4 Å². The monoisotopic (exact) mass is 295 g/mol. The van der Waals surface area contributed by atoms with Gasteiger partial charge in [-0.25, -0.2) is 8.42 Å². The summed E-state index contributed by atoms with van der Waals surface area (Å²) in [6.45, 7) is 2.15. The Balaban J connectivity index is 1.57. The van der Waals surface area contributed by atoms with Crippen LogP contribution in [-0.4, -0.2) is 39.1 Å². The molecule has 0 spiro atoms. The van der Waals surface area contributed by atoms with Crippen LogP contribution in [0.3, 0.4) is 0 Å². The van der Waals surface area contributed by atoms with Crippen LogP contribution in [-0.2, 0) is 9.84 Å². The molecular formula is C15H21NO3S. The molecule has 2 atom stereocenters. The van der Waals surface area contributed by atoms with E-state index in [0.717, 1.165) is 38.2 Å². The third kappa shape index (κ3) is 2.83. The standard InChI is InChI=1S/C15H21NO3S/c17-20(18)9-3-4-13(20)11-16-10-12-7-8-19-15-6-2-1-5-14(12)15/h1-2,5-6,12-13,16H,3-4,7-11H2. The number of hydrogen-bond donors (Lipinski definition) is 1. The largest absolute Gasteiger partial charge is 0.493 e. The number of sulfone groups is 1. The molecular weight excluding hydrogens is 274 g/mol. The van der Waals surface area contributed by atoms with Crippen LogP contribution in [0.2, 0.25) is 0 Å². The Bertz CT molecular complexity index is 570. The average Bonchev–Trinajstić information content (AvgIpc) is 2.78. The van der Waals surface area contributed by atoms with Gasteiger partial charge in [-0.1, -0.05) is 18.2 Å². The third-order valence-electron chi connectivity index (χ3n) is 4.31. The first kappa shape index (κ1) is 13.9. The second-order valence-corrected chi connectivity index (χ2v) is 8.06. The van der Waals surface area contributed by atoms with Crippen LogP contribution in [0.4, 0.5) is 0 Å². The molecule has 1 aromatic carbocycles. The Labute approximate surface area is 120 Å². The maximum Gasteiger partial charge on any atom is 0.154 e. The van der Waals surface area contributed by atoms with E-state index in [9.17, 15) is 8.42 Å². The van der Waals surface area contributed by atoms with E-state index in [4.69, 9.17) is 4.74 Å². The van der Waals surface area contributed by atoms with Crippen molar-refractivity contribution in [2.24, 2.45) is 0 Å². The van der Waals surface area contributed by atoms with Crippen molar-refractivity contribution in [2.75, 3.05) is 25.4 Å². The first-order valence-corrected chi connectivity index (χ1v) is 9.02. The van der Waals surface area contributed by atoms with Gasteiger partial charge < -0.3 is 10.1 Å². The van der Waals surface area contributed by atoms with E-state index < -0.39 is 9.84 Å². The molecule has 0 aromatic heterocycles. The summed E-state index contributed by atoms with van der Waals surface area (Å²) in [5.41, 5.74) is 1.24. The normalized spacial score (nSPS) is 27.8. The fourth-order valence-corrected chi connectivity index (χ4v) is 4.93. The van der Waals surface area contributed by atoms with Crippen molar-refractivity contribution in [1.82, 2.24) is 5.32 Å². The maximum absolute atomic E-state index is 11.8. The first-order valence-electron chi connectivity index (χ1n) is 7.31. The molecule has 1 saturated heterocycles. The number of para-hydroxylation sites is 1. The predicted molar refractivity (Wildman–Crippen MR) is 79.0 cm³/mol. The Kier molecular flexibility index (Phi) is 3.98. The lowest BCUT2D eigenvalue weighted by Gasteiger charge is -2.26. The van der Waals surface area contributed by atoms with Crippen LogP contribution in [0.5, 0.6) is 5.75 Å². The number of ether oxygens (including phenoxy) is 1. The van der Waals surface area contributed by atoms with Gasteiger partial charge in [0, 0.05) is 19.0 Å². The summed E-state index contributed by atoms with van der Waals surface area (Å²) < 4.78 is 29.2. The molecule has 5 heteroatoms. The van der Waals surface area contributed by atoms with Gasteiger partial charge in [0.25, 0.3) is 0 Å². The van der Waals surface area contributed by atoms with Gasteiger partial charge >= 0.3 is 0 Å². The molecule has 1 N–H and O–H groups in total. The highest BCUT2D eigenvalue weighted by atomic mass is 32.2. The highest BCUT2D eigenvalue weighted by molar-refractivity contribution is 7.92. The predicted octanol–water partition coefficient (Wildman–Crippen LogP) is 1.72. The van der Waals surface area contributed by atoms with Crippen LogP contribution in [0.15, 0.2) is 24.3 Å². The summed E-state index contributed by atoms with van der Waals surface area (Å²) >= 11 is 0. The summed E-state index contributed by atoms with van der Waals surface area (Å²) in [5.74, 6) is 1.75. The van der Waals surface area contributed by atoms with Crippen molar-refractivity contribution in [1.29, 1.82) is 0 Å². The molecule has 0 saturated carbocycles. The van der Waals surface area contributed by atoms with Crippen molar-refractivity contribution in [3.8, 4) is 5.75 Å². The lowest BCUT2D eigenvalue weighted by Crippen LogP contribution is -2.34. The zero-order chi connectivity index (χ0) is 14.0. The number of nitrogens with one attached hydrogen (secondary N) is 1. The molecule has 1 fully saturated rings. The molecule has 0 bridgehead atoms. The number of rotatable bonds is 4. The van der Waals surface area contributed by atoms with E-state index in [1.54, 1.807) is 0 Å². The molecule has 0 radical (unpaired) electrons. The minimum atomic E-state index is -2.84. The Hall–Kier alpha value is -1.07. The SMILES string of the molecule is O=S1(=O)CCCC1CNCC1CCOc2ccccc21. The molecule has 110 valence electrons. The molecule has 2 heterocycles. The summed E-state index contributed by atoms with van der Waals surface area (Å²) in [4.78, 5) is 0. The fourth-order valence-electron chi connectivity index (χ4n) is 3.13. The molecule has 2 unspecified atom stereocenters. The zero-order valence-electron chi connectivity index (χ0n) is 11.5.